The lowest BCUT2D eigenvalue weighted by Gasteiger charge is -2.20. The Balaban J connectivity index is 2.54. The molecular formula is C9H15NO. The SMILES string of the molecule is CCN1CCCCC=CC1=O. The second-order valence-corrected chi connectivity index (χ2v) is 2.82. The van der Waals surface area contributed by atoms with Crippen molar-refractivity contribution in [2.24, 2.45) is 0 Å². The van der Waals surface area contributed by atoms with Crippen LogP contribution in [0.5, 0.6) is 0 Å². The van der Waals surface area contributed by atoms with Gasteiger partial charge in [-0.3, -0.25) is 4.79 Å². The van der Waals surface area contributed by atoms with Crippen molar-refractivity contribution in [2.75, 3.05) is 13.1 Å². The highest BCUT2D eigenvalue weighted by atomic mass is 16.2. The number of carbonyl (C=O) groups excluding carboxylic acids is 1. The molecule has 0 saturated carbocycles. The summed E-state index contributed by atoms with van der Waals surface area (Å²) in [5.41, 5.74) is 0. The summed E-state index contributed by atoms with van der Waals surface area (Å²) in [6, 6.07) is 0. The summed E-state index contributed by atoms with van der Waals surface area (Å²) in [7, 11) is 0. The van der Waals surface area contributed by atoms with Gasteiger partial charge in [0.2, 0.25) is 5.91 Å². The Morgan fingerprint density at radius 3 is 3.09 bits per heavy atom. The third-order valence-electron chi connectivity index (χ3n) is 2.00. The van der Waals surface area contributed by atoms with Gasteiger partial charge in [-0.15, -0.1) is 0 Å². The highest BCUT2D eigenvalue weighted by Gasteiger charge is 2.08. The Morgan fingerprint density at radius 2 is 2.36 bits per heavy atom. The maximum atomic E-state index is 11.2. The molecule has 0 N–H and O–H groups in total. The second-order valence-electron chi connectivity index (χ2n) is 2.82. The summed E-state index contributed by atoms with van der Waals surface area (Å²) in [5.74, 6) is 0.173. The van der Waals surface area contributed by atoms with Crippen LogP contribution in [0.15, 0.2) is 12.2 Å². The first kappa shape index (κ1) is 8.31. The number of rotatable bonds is 1. The number of nitrogens with zero attached hydrogens (tertiary/aromatic N) is 1. The molecule has 11 heavy (non-hydrogen) atoms. The third-order valence-corrected chi connectivity index (χ3v) is 2.00. The van der Waals surface area contributed by atoms with Crippen molar-refractivity contribution in [3.8, 4) is 0 Å². The first-order valence-corrected chi connectivity index (χ1v) is 4.30. The van der Waals surface area contributed by atoms with Crippen LogP contribution in [0.2, 0.25) is 0 Å². The second kappa shape index (κ2) is 4.16. The Bertz CT molecular complexity index is 163. The normalized spacial score (nSPS) is 19.7. The monoisotopic (exact) mass is 153 g/mol. The van der Waals surface area contributed by atoms with Gasteiger partial charge in [0.1, 0.15) is 0 Å². The molecule has 1 aliphatic rings. The predicted octanol–water partition coefficient (Wildman–Crippen LogP) is 1.57. The Morgan fingerprint density at radius 1 is 1.55 bits per heavy atom. The van der Waals surface area contributed by atoms with Gasteiger partial charge < -0.3 is 4.90 Å². The zero-order valence-corrected chi connectivity index (χ0v) is 7.05. The van der Waals surface area contributed by atoms with Crippen LogP contribution in [0, 0.1) is 0 Å². The topological polar surface area (TPSA) is 20.3 Å². The minimum absolute atomic E-state index is 0.173. The molecule has 1 amide bonds. The van der Waals surface area contributed by atoms with E-state index in [1.165, 1.54) is 6.42 Å². The van der Waals surface area contributed by atoms with E-state index in [1.807, 2.05) is 17.9 Å². The van der Waals surface area contributed by atoms with Crippen LogP contribution in [0.1, 0.15) is 26.2 Å². The van der Waals surface area contributed by atoms with Gasteiger partial charge in [0.15, 0.2) is 0 Å². The molecule has 0 aromatic heterocycles. The third kappa shape index (κ3) is 2.37. The largest absolute Gasteiger partial charge is 0.339 e. The van der Waals surface area contributed by atoms with Crippen LogP contribution in [0.25, 0.3) is 0 Å². The maximum Gasteiger partial charge on any atom is 0.246 e. The fraction of sp³-hybridized carbons (Fsp3) is 0.667. The highest BCUT2D eigenvalue weighted by Crippen LogP contribution is 2.04. The molecule has 0 unspecified atom stereocenters. The fourth-order valence-electron chi connectivity index (χ4n) is 1.28. The Hall–Kier alpha value is -0.790. The minimum atomic E-state index is 0.173. The van der Waals surface area contributed by atoms with Crippen molar-refractivity contribution in [2.45, 2.75) is 26.2 Å². The Kier molecular flexibility index (Phi) is 3.14. The van der Waals surface area contributed by atoms with Crippen molar-refractivity contribution in [3.63, 3.8) is 0 Å². The van der Waals surface area contributed by atoms with E-state index in [-0.39, 0.29) is 5.91 Å². The Labute approximate surface area is 67.9 Å². The number of carbonyl (C=O) groups is 1. The summed E-state index contributed by atoms with van der Waals surface area (Å²) >= 11 is 0. The van der Waals surface area contributed by atoms with E-state index >= 15 is 0 Å². The molecule has 62 valence electrons. The minimum Gasteiger partial charge on any atom is -0.339 e. The van der Waals surface area contributed by atoms with Crippen molar-refractivity contribution in [1.82, 2.24) is 4.90 Å². The van der Waals surface area contributed by atoms with E-state index in [2.05, 4.69) is 0 Å². The van der Waals surface area contributed by atoms with Crippen molar-refractivity contribution < 1.29 is 4.79 Å². The lowest BCUT2D eigenvalue weighted by atomic mass is 10.2. The zero-order chi connectivity index (χ0) is 8.10. The summed E-state index contributed by atoms with van der Waals surface area (Å²) < 4.78 is 0. The van der Waals surface area contributed by atoms with Crippen LogP contribution < -0.4 is 0 Å². The molecule has 1 heterocycles. The summed E-state index contributed by atoms with van der Waals surface area (Å²) in [5, 5.41) is 0. The van der Waals surface area contributed by atoms with E-state index in [9.17, 15) is 4.79 Å². The van der Waals surface area contributed by atoms with Gasteiger partial charge in [-0.05, 0) is 32.3 Å². The van der Waals surface area contributed by atoms with Crippen molar-refractivity contribution in [3.05, 3.63) is 12.2 Å². The van der Waals surface area contributed by atoms with Gasteiger partial charge >= 0.3 is 0 Å². The quantitative estimate of drug-likeness (QED) is 0.560. The lowest BCUT2D eigenvalue weighted by Crippen LogP contribution is -2.30. The molecule has 0 bridgehead atoms. The van der Waals surface area contributed by atoms with E-state index < -0.39 is 0 Å². The van der Waals surface area contributed by atoms with Gasteiger partial charge in [-0.1, -0.05) is 6.08 Å². The molecule has 0 aliphatic carbocycles. The lowest BCUT2D eigenvalue weighted by molar-refractivity contribution is -0.126. The average molecular weight is 153 g/mol. The molecule has 1 rings (SSSR count). The van der Waals surface area contributed by atoms with Crippen molar-refractivity contribution in [1.29, 1.82) is 0 Å². The van der Waals surface area contributed by atoms with Gasteiger partial charge in [-0.25, -0.2) is 0 Å². The van der Waals surface area contributed by atoms with E-state index in [1.54, 1.807) is 6.08 Å². The van der Waals surface area contributed by atoms with Crippen LogP contribution in [-0.2, 0) is 4.79 Å². The van der Waals surface area contributed by atoms with Crippen LogP contribution in [0.4, 0.5) is 0 Å². The average Bonchev–Trinajstić information content (AvgIpc) is 1.98. The number of amides is 1. The number of likely N-dealkylation sites (N-methyl/N-ethyl adjacent to an activating group) is 1. The molecule has 2 heteroatoms. The zero-order valence-electron chi connectivity index (χ0n) is 7.05. The standard InChI is InChI=1S/C9H15NO/c1-2-10-8-6-4-3-5-7-9(10)11/h5,7H,2-4,6,8H2,1H3. The maximum absolute atomic E-state index is 11.2. The summed E-state index contributed by atoms with van der Waals surface area (Å²) in [4.78, 5) is 13.1. The molecule has 0 fully saturated rings. The molecule has 0 radical (unpaired) electrons. The molecule has 0 spiro atoms. The summed E-state index contributed by atoms with van der Waals surface area (Å²) in [6.07, 6.45) is 7.08. The van der Waals surface area contributed by atoms with Gasteiger partial charge in [0.25, 0.3) is 0 Å². The van der Waals surface area contributed by atoms with Crippen LogP contribution >= 0.6 is 0 Å². The molecule has 0 atom stereocenters. The fourth-order valence-corrected chi connectivity index (χ4v) is 1.28. The van der Waals surface area contributed by atoms with Gasteiger partial charge in [0, 0.05) is 13.1 Å². The number of allylic oxidation sites excluding steroid dienone is 1. The van der Waals surface area contributed by atoms with Gasteiger partial charge in [-0.2, -0.15) is 0 Å². The van der Waals surface area contributed by atoms with Gasteiger partial charge in [0.05, 0.1) is 0 Å². The van der Waals surface area contributed by atoms with Crippen LogP contribution in [-0.4, -0.2) is 23.9 Å². The first-order chi connectivity index (χ1) is 5.34. The smallest absolute Gasteiger partial charge is 0.246 e. The van der Waals surface area contributed by atoms with E-state index in [0.29, 0.717) is 0 Å². The molecule has 2 nitrogen and oxygen atoms in total. The number of hydrogen-bond donors (Lipinski definition) is 0. The van der Waals surface area contributed by atoms with Crippen LogP contribution in [0.3, 0.4) is 0 Å². The molecular weight excluding hydrogens is 138 g/mol. The molecule has 1 aliphatic heterocycles. The van der Waals surface area contributed by atoms with E-state index in [0.717, 1.165) is 25.9 Å². The van der Waals surface area contributed by atoms with Crippen molar-refractivity contribution >= 4 is 5.91 Å². The van der Waals surface area contributed by atoms with E-state index in [4.69, 9.17) is 0 Å². The predicted molar refractivity (Wildman–Crippen MR) is 45.2 cm³/mol. The summed E-state index contributed by atoms with van der Waals surface area (Å²) in [6.45, 7) is 3.79. The highest BCUT2D eigenvalue weighted by molar-refractivity contribution is 5.87. The first-order valence-electron chi connectivity index (χ1n) is 4.30. The molecule has 0 aromatic rings. The molecule has 0 aromatic carbocycles. The molecule has 0 saturated heterocycles. The number of hydrogen-bond acceptors (Lipinski definition) is 1.